The number of nitrogens with zero attached hydrogens (tertiary/aromatic N) is 3. The first kappa shape index (κ1) is 19.3. The number of aryl methyl sites for hydroxylation is 1. The van der Waals surface area contributed by atoms with Gasteiger partial charge in [0, 0.05) is 27.1 Å². The van der Waals surface area contributed by atoms with Crippen LogP contribution in [-0.2, 0) is 5.75 Å². The number of hydrogen-bond donors (Lipinski definition) is 0. The standard InChI is InChI=1S/C18H18BrN3O2S2/c1-11-8-15(12(2)22(11)14-6-4-13(19)5-7-14)16(23)9-26-18-21-20-17(24-18)10-25-3/h4-8H,9-10H2,1-3H3. The highest BCUT2D eigenvalue weighted by Crippen LogP contribution is 2.25. The van der Waals surface area contributed by atoms with Crippen molar-refractivity contribution in [3.63, 3.8) is 0 Å². The SMILES string of the molecule is CSCc1nnc(SCC(=O)c2cc(C)n(-c3ccc(Br)cc3)c2C)o1. The minimum absolute atomic E-state index is 0.0519. The maximum absolute atomic E-state index is 12.7. The molecule has 0 aliphatic rings. The quantitative estimate of drug-likeness (QED) is 0.368. The first-order valence-electron chi connectivity index (χ1n) is 7.91. The van der Waals surface area contributed by atoms with Crippen LogP contribution in [-0.4, -0.2) is 32.6 Å². The van der Waals surface area contributed by atoms with Crippen molar-refractivity contribution in [1.82, 2.24) is 14.8 Å². The number of ketones is 1. The summed E-state index contributed by atoms with van der Waals surface area (Å²) in [6, 6.07) is 9.98. The van der Waals surface area contributed by atoms with Crippen LogP contribution in [0.5, 0.6) is 0 Å². The van der Waals surface area contributed by atoms with E-state index in [1.807, 2.05) is 50.4 Å². The average molecular weight is 452 g/mol. The monoisotopic (exact) mass is 451 g/mol. The molecule has 5 nitrogen and oxygen atoms in total. The van der Waals surface area contributed by atoms with Crippen LogP contribution < -0.4 is 0 Å². The summed E-state index contributed by atoms with van der Waals surface area (Å²) in [6.45, 7) is 3.97. The number of hydrogen-bond acceptors (Lipinski definition) is 6. The number of benzene rings is 1. The molecule has 26 heavy (non-hydrogen) atoms. The van der Waals surface area contributed by atoms with Crippen LogP contribution in [0.1, 0.15) is 27.6 Å². The van der Waals surface area contributed by atoms with Gasteiger partial charge in [-0.2, -0.15) is 11.8 Å². The molecule has 0 atom stereocenters. The second-order valence-electron chi connectivity index (χ2n) is 5.70. The summed E-state index contributed by atoms with van der Waals surface area (Å²) in [5, 5.41) is 8.37. The highest BCUT2D eigenvalue weighted by atomic mass is 79.9. The van der Waals surface area contributed by atoms with Crippen molar-refractivity contribution in [2.45, 2.75) is 24.8 Å². The fourth-order valence-electron chi connectivity index (χ4n) is 2.72. The molecule has 3 rings (SSSR count). The zero-order chi connectivity index (χ0) is 18.7. The molecule has 8 heteroatoms. The molecule has 2 aromatic heterocycles. The van der Waals surface area contributed by atoms with Crippen molar-refractivity contribution >= 4 is 45.2 Å². The number of aromatic nitrogens is 3. The van der Waals surface area contributed by atoms with Gasteiger partial charge in [0.05, 0.1) is 11.5 Å². The molecule has 0 amide bonds. The number of thioether (sulfide) groups is 2. The van der Waals surface area contributed by atoms with Crippen molar-refractivity contribution in [2.75, 3.05) is 12.0 Å². The summed E-state index contributed by atoms with van der Waals surface area (Å²) in [5.74, 6) is 1.58. The summed E-state index contributed by atoms with van der Waals surface area (Å²) in [4.78, 5) is 12.7. The summed E-state index contributed by atoms with van der Waals surface area (Å²) in [7, 11) is 0. The summed E-state index contributed by atoms with van der Waals surface area (Å²) >= 11 is 6.34. The Morgan fingerprint density at radius 2 is 1.96 bits per heavy atom. The van der Waals surface area contributed by atoms with Crippen molar-refractivity contribution in [3.8, 4) is 5.69 Å². The van der Waals surface area contributed by atoms with Crippen molar-refractivity contribution in [3.05, 3.63) is 57.6 Å². The molecule has 3 aromatic rings. The molecule has 0 radical (unpaired) electrons. The molecule has 0 bridgehead atoms. The van der Waals surface area contributed by atoms with E-state index in [2.05, 4.69) is 30.7 Å². The minimum Gasteiger partial charge on any atom is -0.415 e. The second kappa shape index (κ2) is 8.45. The third kappa shape index (κ3) is 4.24. The highest BCUT2D eigenvalue weighted by molar-refractivity contribution is 9.10. The maximum Gasteiger partial charge on any atom is 0.277 e. The van der Waals surface area contributed by atoms with E-state index in [1.54, 1.807) is 11.8 Å². The third-order valence-electron chi connectivity index (χ3n) is 3.86. The van der Waals surface area contributed by atoms with Crippen LogP contribution in [0.25, 0.3) is 5.69 Å². The summed E-state index contributed by atoms with van der Waals surface area (Å²) < 4.78 is 8.62. The van der Waals surface area contributed by atoms with E-state index >= 15 is 0 Å². The van der Waals surface area contributed by atoms with E-state index in [0.29, 0.717) is 16.9 Å². The van der Waals surface area contributed by atoms with Crippen LogP contribution in [0.3, 0.4) is 0 Å². The van der Waals surface area contributed by atoms with Gasteiger partial charge in [-0.1, -0.05) is 27.7 Å². The molecule has 2 heterocycles. The van der Waals surface area contributed by atoms with Gasteiger partial charge in [0.25, 0.3) is 5.22 Å². The van der Waals surface area contributed by atoms with Gasteiger partial charge in [0.15, 0.2) is 5.78 Å². The Labute approximate surface area is 169 Å². The lowest BCUT2D eigenvalue weighted by Gasteiger charge is -2.10. The molecule has 0 aliphatic heterocycles. The molecular weight excluding hydrogens is 434 g/mol. The largest absolute Gasteiger partial charge is 0.415 e. The van der Waals surface area contributed by atoms with Crippen molar-refractivity contribution < 1.29 is 9.21 Å². The van der Waals surface area contributed by atoms with Gasteiger partial charge in [-0.15, -0.1) is 10.2 Å². The zero-order valence-electron chi connectivity index (χ0n) is 14.7. The number of carbonyl (C=O) groups excluding carboxylic acids is 1. The molecule has 136 valence electrons. The van der Waals surface area contributed by atoms with Gasteiger partial charge in [-0.3, -0.25) is 4.79 Å². The summed E-state index contributed by atoms with van der Waals surface area (Å²) in [5.41, 5.74) is 3.72. The zero-order valence-corrected chi connectivity index (χ0v) is 17.9. The van der Waals surface area contributed by atoms with Gasteiger partial charge in [-0.05, 0) is 50.4 Å². The predicted molar refractivity (Wildman–Crippen MR) is 110 cm³/mol. The van der Waals surface area contributed by atoms with Crippen LogP contribution in [0.2, 0.25) is 0 Å². The van der Waals surface area contributed by atoms with Crippen molar-refractivity contribution in [2.24, 2.45) is 0 Å². The molecule has 0 spiro atoms. The first-order chi connectivity index (χ1) is 12.5. The normalized spacial score (nSPS) is 11.1. The first-order valence-corrected chi connectivity index (χ1v) is 11.1. The van der Waals surface area contributed by atoms with E-state index in [4.69, 9.17) is 4.42 Å². The third-order valence-corrected chi connectivity index (χ3v) is 5.74. The Morgan fingerprint density at radius 3 is 2.65 bits per heavy atom. The average Bonchev–Trinajstić information content (AvgIpc) is 3.18. The lowest BCUT2D eigenvalue weighted by molar-refractivity contribution is 0.102. The lowest BCUT2D eigenvalue weighted by Crippen LogP contribution is -2.05. The van der Waals surface area contributed by atoms with E-state index < -0.39 is 0 Å². The Hall–Kier alpha value is -1.51. The minimum atomic E-state index is 0.0519. The molecule has 0 saturated carbocycles. The fourth-order valence-corrected chi connectivity index (χ4v) is 4.01. The number of carbonyl (C=O) groups is 1. The Morgan fingerprint density at radius 1 is 1.23 bits per heavy atom. The van der Waals surface area contributed by atoms with Crippen LogP contribution in [0.15, 0.2) is 44.4 Å². The second-order valence-corrected chi connectivity index (χ2v) is 8.41. The summed E-state index contributed by atoms with van der Waals surface area (Å²) in [6.07, 6.45) is 1.97. The molecule has 0 unspecified atom stereocenters. The van der Waals surface area contributed by atoms with E-state index in [-0.39, 0.29) is 11.5 Å². The van der Waals surface area contributed by atoms with E-state index in [9.17, 15) is 4.79 Å². The predicted octanol–water partition coefficient (Wildman–Crippen LogP) is 5.08. The Kier molecular flexibility index (Phi) is 6.26. The topological polar surface area (TPSA) is 60.9 Å². The number of Topliss-reactive ketones (excluding diaryl/α,β-unsaturated/α-hetero) is 1. The highest BCUT2D eigenvalue weighted by Gasteiger charge is 2.18. The molecule has 1 aromatic carbocycles. The van der Waals surface area contributed by atoms with Crippen LogP contribution >= 0.6 is 39.5 Å². The molecular formula is C18H18BrN3O2S2. The molecule has 0 N–H and O–H groups in total. The molecule has 0 fully saturated rings. The van der Waals surface area contributed by atoms with Crippen LogP contribution in [0.4, 0.5) is 0 Å². The van der Waals surface area contributed by atoms with Gasteiger partial charge >= 0.3 is 0 Å². The lowest BCUT2D eigenvalue weighted by atomic mass is 10.2. The van der Waals surface area contributed by atoms with Gasteiger partial charge in [0.2, 0.25) is 5.89 Å². The maximum atomic E-state index is 12.7. The number of rotatable bonds is 7. The molecule has 0 saturated heterocycles. The van der Waals surface area contributed by atoms with E-state index in [0.717, 1.165) is 27.1 Å². The van der Waals surface area contributed by atoms with Gasteiger partial charge in [0.1, 0.15) is 0 Å². The van der Waals surface area contributed by atoms with Gasteiger partial charge in [-0.25, -0.2) is 0 Å². The van der Waals surface area contributed by atoms with Crippen LogP contribution in [0, 0.1) is 13.8 Å². The molecule has 0 aliphatic carbocycles. The Bertz CT molecular complexity index is 919. The van der Waals surface area contributed by atoms with E-state index in [1.165, 1.54) is 11.8 Å². The van der Waals surface area contributed by atoms with Gasteiger partial charge < -0.3 is 8.98 Å². The Balaban J connectivity index is 1.75. The fraction of sp³-hybridized carbons (Fsp3) is 0.278. The number of halogens is 1. The van der Waals surface area contributed by atoms with Crippen molar-refractivity contribution in [1.29, 1.82) is 0 Å². The smallest absolute Gasteiger partial charge is 0.277 e.